The van der Waals surface area contributed by atoms with Gasteiger partial charge >= 0.3 is 0 Å². The van der Waals surface area contributed by atoms with Crippen molar-refractivity contribution in [2.24, 2.45) is 4.99 Å². The summed E-state index contributed by atoms with van der Waals surface area (Å²) in [6.45, 7) is 7.44. The van der Waals surface area contributed by atoms with Crippen molar-refractivity contribution in [1.29, 1.82) is 0 Å². The van der Waals surface area contributed by atoms with Crippen molar-refractivity contribution in [2.45, 2.75) is 20.0 Å². The van der Waals surface area contributed by atoms with Crippen LogP contribution in [0.15, 0.2) is 46.0 Å². The van der Waals surface area contributed by atoms with E-state index < -0.39 is 0 Å². The Morgan fingerprint density at radius 1 is 1.24 bits per heavy atom. The van der Waals surface area contributed by atoms with Crippen molar-refractivity contribution >= 4 is 35.8 Å². The Balaban J connectivity index is 0.00000300. The van der Waals surface area contributed by atoms with E-state index in [1.807, 2.05) is 0 Å². The number of carbonyl (C=O) groups excluding carboxylic acids is 1. The number of hydrogen-bond donors (Lipinski definition) is 2. The lowest BCUT2D eigenvalue weighted by molar-refractivity contribution is -0.00829. The summed E-state index contributed by atoms with van der Waals surface area (Å²) in [7, 11) is 1.77. The van der Waals surface area contributed by atoms with Gasteiger partial charge in [-0.1, -0.05) is 23.8 Å². The molecule has 2 aromatic rings. The number of nitrogens with one attached hydrogen (secondary N) is 2. The third-order valence-corrected chi connectivity index (χ3v) is 4.79. The molecule has 1 unspecified atom stereocenters. The molecule has 0 aliphatic carbocycles. The van der Waals surface area contributed by atoms with Crippen LogP contribution >= 0.6 is 24.0 Å². The molecule has 2 heterocycles. The van der Waals surface area contributed by atoms with Crippen LogP contribution in [0.5, 0.6) is 0 Å². The van der Waals surface area contributed by atoms with Gasteiger partial charge in [0.15, 0.2) is 11.7 Å². The maximum atomic E-state index is 11.9. The number of aliphatic imine (C=N–C) groups is 1. The molecule has 0 saturated carbocycles. The summed E-state index contributed by atoms with van der Waals surface area (Å²) in [6.07, 6.45) is 1.51. The highest BCUT2D eigenvalue weighted by atomic mass is 127. The SMILES string of the molecule is CN=C(NCCNC(=O)c1ccco1)N1CCOC(c2ccc(C)cc2C)C1.I. The number of halogens is 1. The lowest BCUT2D eigenvalue weighted by atomic mass is 10.00. The van der Waals surface area contributed by atoms with Gasteiger partial charge in [0.25, 0.3) is 5.91 Å². The first-order valence-electron chi connectivity index (χ1n) is 9.54. The number of furan rings is 1. The lowest BCUT2D eigenvalue weighted by Crippen LogP contribution is -2.49. The molecule has 1 atom stereocenters. The molecule has 2 N–H and O–H groups in total. The van der Waals surface area contributed by atoms with Gasteiger partial charge < -0.3 is 24.7 Å². The van der Waals surface area contributed by atoms with Crippen LogP contribution in [0.4, 0.5) is 0 Å². The van der Waals surface area contributed by atoms with Gasteiger partial charge in [0.2, 0.25) is 0 Å². The van der Waals surface area contributed by atoms with E-state index in [1.165, 1.54) is 23.0 Å². The molecule has 7 nitrogen and oxygen atoms in total. The standard InChI is InChI=1S/C21H28N4O3.HI/c1-15-6-7-17(16(2)13-15)19-14-25(10-12-28-19)21(22-3)24-9-8-23-20(26)18-5-4-11-27-18;/h4-7,11,13,19H,8-10,12,14H2,1-3H3,(H,22,24)(H,23,26);1H. The van der Waals surface area contributed by atoms with Gasteiger partial charge in [0.05, 0.1) is 19.4 Å². The van der Waals surface area contributed by atoms with E-state index in [2.05, 4.69) is 52.6 Å². The van der Waals surface area contributed by atoms with E-state index in [1.54, 1.807) is 19.2 Å². The van der Waals surface area contributed by atoms with Crippen LogP contribution in [0.3, 0.4) is 0 Å². The third kappa shape index (κ3) is 6.20. The molecular weight excluding hydrogens is 483 g/mol. The number of aryl methyl sites for hydroxylation is 2. The predicted molar refractivity (Wildman–Crippen MR) is 124 cm³/mol. The first-order chi connectivity index (χ1) is 13.6. The van der Waals surface area contributed by atoms with Crippen molar-refractivity contribution < 1.29 is 13.9 Å². The monoisotopic (exact) mass is 512 g/mol. The van der Waals surface area contributed by atoms with Crippen molar-refractivity contribution in [1.82, 2.24) is 15.5 Å². The number of carbonyl (C=O) groups is 1. The van der Waals surface area contributed by atoms with Crippen LogP contribution in [0, 0.1) is 13.8 Å². The third-order valence-electron chi connectivity index (χ3n) is 4.79. The van der Waals surface area contributed by atoms with E-state index in [9.17, 15) is 4.79 Å². The zero-order valence-electron chi connectivity index (χ0n) is 17.1. The molecule has 0 radical (unpaired) electrons. The normalized spacial score (nSPS) is 16.9. The number of ether oxygens (including phenoxy) is 1. The average molecular weight is 512 g/mol. The molecule has 1 aliphatic rings. The second kappa shape index (κ2) is 11.2. The minimum absolute atomic E-state index is 0. The number of guanidine groups is 1. The van der Waals surface area contributed by atoms with Crippen LogP contribution in [0.25, 0.3) is 0 Å². The molecule has 3 rings (SSSR count). The second-order valence-electron chi connectivity index (χ2n) is 6.87. The smallest absolute Gasteiger partial charge is 0.287 e. The topological polar surface area (TPSA) is 79.1 Å². The van der Waals surface area contributed by atoms with Crippen LogP contribution < -0.4 is 10.6 Å². The maximum Gasteiger partial charge on any atom is 0.287 e. The minimum atomic E-state index is -0.219. The Morgan fingerprint density at radius 2 is 2.03 bits per heavy atom. The number of amides is 1. The van der Waals surface area contributed by atoms with Crippen molar-refractivity contribution in [3.05, 3.63) is 59.0 Å². The Kier molecular flexibility index (Phi) is 8.97. The Bertz CT molecular complexity index is 823. The fourth-order valence-electron chi connectivity index (χ4n) is 3.39. The van der Waals surface area contributed by atoms with Gasteiger partial charge in [-0.2, -0.15) is 0 Å². The molecule has 1 aromatic carbocycles. The maximum absolute atomic E-state index is 11.9. The summed E-state index contributed by atoms with van der Waals surface area (Å²) >= 11 is 0. The molecule has 29 heavy (non-hydrogen) atoms. The first kappa shape index (κ1) is 23.2. The molecule has 0 bridgehead atoms. The van der Waals surface area contributed by atoms with Crippen LogP contribution in [0.1, 0.15) is 33.3 Å². The summed E-state index contributed by atoms with van der Waals surface area (Å²) in [5, 5.41) is 6.13. The fourth-order valence-corrected chi connectivity index (χ4v) is 3.39. The van der Waals surface area contributed by atoms with Gasteiger partial charge in [-0.05, 0) is 37.1 Å². The van der Waals surface area contributed by atoms with Crippen LogP contribution in [-0.2, 0) is 4.74 Å². The van der Waals surface area contributed by atoms with E-state index in [0.717, 1.165) is 19.0 Å². The molecule has 0 spiro atoms. The zero-order valence-corrected chi connectivity index (χ0v) is 19.4. The number of nitrogens with zero attached hydrogens (tertiary/aromatic N) is 2. The number of morpholine rings is 1. The van der Waals surface area contributed by atoms with Crippen molar-refractivity contribution in [3.63, 3.8) is 0 Å². The van der Waals surface area contributed by atoms with E-state index in [0.29, 0.717) is 25.5 Å². The highest BCUT2D eigenvalue weighted by molar-refractivity contribution is 14.0. The van der Waals surface area contributed by atoms with Gasteiger partial charge in [-0.3, -0.25) is 9.79 Å². The Morgan fingerprint density at radius 3 is 2.72 bits per heavy atom. The highest BCUT2D eigenvalue weighted by Gasteiger charge is 2.25. The molecule has 1 aliphatic heterocycles. The highest BCUT2D eigenvalue weighted by Crippen LogP contribution is 2.25. The summed E-state index contributed by atoms with van der Waals surface area (Å²) in [4.78, 5) is 18.5. The number of rotatable bonds is 5. The Labute approximate surface area is 188 Å². The number of benzene rings is 1. The van der Waals surface area contributed by atoms with Crippen LogP contribution in [-0.4, -0.2) is 56.6 Å². The summed E-state index contributed by atoms with van der Waals surface area (Å²) in [6, 6.07) is 9.80. The molecular formula is C21H29IN4O3. The molecule has 1 amide bonds. The minimum Gasteiger partial charge on any atom is -0.459 e. The lowest BCUT2D eigenvalue weighted by Gasteiger charge is -2.35. The molecule has 1 aromatic heterocycles. The van der Waals surface area contributed by atoms with Gasteiger partial charge in [0, 0.05) is 26.7 Å². The fraction of sp³-hybridized carbons (Fsp3) is 0.429. The summed E-state index contributed by atoms with van der Waals surface area (Å²) < 4.78 is 11.1. The van der Waals surface area contributed by atoms with Crippen LogP contribution in [0.2, 0.25) is 0 Å². The Hall–Kier alpha value is -2.07. The molecule has 158 valence electrons. The molecule has 8 heteroatoms. The second-order valence-corrected chi connectivity index (χ2v) is 6.87. The van der Waals surface area contributed by atoms with Crippen molar-refractivity contribution in [3.8, 4) is 0 Å². The molecule has 1 fully saturated rings. The largest absolute Gasteiger partial charge is 0.459 e. The van der Waals surface area contributed by atoms with E-state index in [-0.39, 0.29) is 36.0 Å². The quantitative estimate of drug-likeness (QED) is 0.279. The van der Waals surface area contributed by atoms with E-state index >= 15 is 0 Å². The summed E-state index contributed by atoms with van der Waals surface area (Å²) in [5.74, 6) is 0.905. The predicted octanol–water partition coefficient (Wildman–Crippen LogP) is 2.89. The molecule has 1 saturated heterocycles. The summed E-state index contributed by atoms with van der Waals surface area (Å²) in [5.41, 5.74) is 3.72. The van der Waals surface area contributed by atoms with Gasteiger partial charge in [-0.15, -0.1) is 24.0 Å². The van der Waals surface area contributed by atoms with Gasteiger partial charge in [-0.25, -0.2) is 0 Å². The zero-order chi connectivity index (χ0) is 19.9. The van der Waals surface area contributed by atoms with E-state index in [4.69, 9.17) is 9.15 Å². The average Bonchev–Trinajstić information content (AvgIpc) is 3.23. The van der Waals surface area contributed by atoms with Gasteiger partial charge in [0.1, 0.15) is 6.10 Å². The first-order valence-corrected chi connectivity index (χ1v) is 9.54. The van der Waals surface area contributed by atoms with Crippen molar-refractivity contribution in [2.75, 3.05) is 39.8 Å². The number of hydrogen-bond acceptors (Lipinski definition) is 4.